The normalized spacial score (nSPS) is 10.1. The van der Waals surface area contributed by atoms with Crippen molar-refractivity contribution < 1.29 is 4.79 Å². The molecule has 2 N–H and O–H groups in total. The Morgan fingerprint density at radius 3 is 2.80 bits per heavy atom. The molecule has 0 amide bonds. The van der Waals surface area contributed by atoms with Gasteiger partial charge in [0.05, 0.1) is 12.4 Å². The smallest absolute Gasteiger partial charge is 0.185 e. The van der Waals surface area contributed by atoms with E-state index in [1.54, 1.807) is 4.57 Å². The summed E-state index contributed by atoms with van der Waals surface area (Å²) < 4.78 is 1.67. The first-order chi connectivity index (χ1) is 7.29. The number of imidazole rings is 1. The Kier molecular flexibility index (Phi) is 2.49. The Bertz CT molecular complexity index is 459. The van der Waals surface area contributed by atoms with Crippen LogP contribution in [-0.4, -0.2) is 15.8 Å². The van der Waals surface area contributed by atoms with Gasteiger partial charge in [-0.2, -0.15) is 0 Å². The van der Waals surface area contributed by atoms with Gasteiger partial charge < -0.3 is 10.3 Å². The molecule has 0 aliphatic carbocycles. The van der Waals surface area contributed by atoms with Crippen molar-refractivity contribution in [2.24, 2.45) is 0 Å². The summed E-state index contributed by atoms with van der Waals surface area (Å²) in [6, 6.07) is 7.48. The molecule has 0 aliphatic rings. The number of anilines is 1. The molecule has 0 aliphatic heterocycles. The molecule has 2 aromatic rings. The van der Waals surface area contributed by atoms with Crippen LogP contribution in [0.3, 0.4) is 0 Å². The third-order valence-electron chi connectivity index (χ3n) is 2.11. The number of nitrogen functional groups attached to an aromatic ring is 1. The van der Waals surface area contributed by atoms with Crippen LogP contribution in [-0.2, 0) is 6.54 Å². The minimum absolute atomic E-state index is 0.381. The van der Waals surface area contributed by atoms with Crippen LogP contribution in [0, 0.1) is 6.20 Å². The molecule has 1 aromatic carbocycles. The molecule has 0 unspecified atom stereocenters. The first-order valence-corrected chi connectivity index (χ1v) is 4.52. The van der Waals surface area contributed by atoms with E-state index in [0.29, 0.717) is 18.7 Å². The summed E-state index contributed by atoms with van der Waals surface area (Å²) >= 11 is 0. The van der Waals surface area contributed by atoms with Gasteiger partial charge >= 0.3 is 0 Å². The lowest BCUT2D eigenvalue weighted by atomic mass is 10.2. The lowest BCUT2D eigenvalue weighted by molar-refractivity contribution is 0.111. The molecule has 0 fully saturated rings. The van der Waals surface area contributed by atoms with Gasteiger partial charge in [0.2, 0.25) is 0 Å². The van der Waals surface area contributed by atoms with Crippen molar-refractivity contribution >= 4 is 12.0 Å². The van der Waals surface area contributed by atoms with Crippen molar-refractivity contribution in [3.8, 4) is 0 Å². The van der Waals surface area contributed by atoms with E-state index < -0.39 is 0 Å². The first-order valence-electron chi connectivity index (χ1n) is 4.52. The zero-order valence-corrected chi connectivity index (χ0v) is 8.05. The summed E-state index contributed by atoms with van der Waals surface area (Å²) in [6.45, 7) is 0.578. The average molecular weight is 200 g/mol. The van der Waals surface area contributed by atoms with E-state index in [1.165, 1.54) is 6.20 Å². The molecule has 75 valence electrons. The molecule has 0 bridgehead atoms. The summed E-state index contributed by atoms with van der Waals surface area (Å²) in [6.07, 6.45) is 5.07. The van der Waals surface area contributed by atoms with Gasteiger partial charge in [-0.05, 0) is 17.7 Å². The van der Waals surface area contributed by atoms with E-state index in [2.05, 4.69) is 11.2 Å². The standard InChI is InChI=1S/C11H10N3O/c12-10-3-1-9(2-4-10)7-14-6-5-13-11(14)8-15/h1-5,8H,7,12H2. The maximum Gasteiger partial charge on any atom is 0.185 e. The lowest BCUT2D eigenvalue weighted by Gasteiger charge is -2.03. The van der Waals surface area contributed by atoms with Gasteiger partial charge in [0.15, 0.2) is 12.1 Å². The third kappa shape index (κ3) is 2.04. The second-order valence-corrected chi connectivity index (χ2v) is 3.19. The highest BCUT2D eigenvalue weighted by atomic mass is 16.1. The Balaban J connectivity index is 2.21. The average Bonchev–Trinajstić information content (AvgIpc) is 2.69. The van der Waals surface area contributed by atoms with Crippen molar-refractivity contribution in [1.82, 2.24) is 9.55 Å². The second-order valence-electron chi connectivity index (χ2n) is 3.19. The van der Waals surface area contributed by atoms with E-state index in [9.17, 15) is 4.79 Å². The molecule has 1 heterocycles. The Hall–Kier alpha value is -2.10. The zero-order valence-electron chi connectivity index (χ0n) is 8.05. The van der Waals surface area contributed by atoms with Crippen molar-refractivity contribution in [2.75, 3.05) is 5.73 Å². The van der Waals surface area contributed by atoms with Gasteiger partial charge in [-0.1, -0.05) is 12.1 Å². The zero-order chi connectivity index (χ0) is 10.7. The lowest BCUT2D eigenvalue weighted by Crippen LogP contribution is -2.03. The van der Waals surface area contributed by atoms with Gasteiger partial charge in [-0.3, -0.25) is 4.79 Å². The predicted octanol–water partition coefficient (Wildman–Crippen LogP) is 1.13. The Morgan fingerprint density at radius 2 is 2.13 bits per heavy atom. The highest BCUT2D eigenvalue weighted by molar-refractivity contribution is 5.69. The van der Waals surface area contributed by atoms with Crippen molar-refractivity contribution in [3.63, 3.8) is 0 Å². The van der Waals surface area contributed by atoms with E-state index in [0.717, 1.165) is 11.3 Å². The summed E-state index contributed by atoms with van der Waals surface area (Å²) in [5.41, 5.74) is 7.36. The largest absolute Gasteiger partial charge is 0.399 e. The maximum atomic E-state index is 10.6. The molecule has 0 saturated carbocycles. The quantitative estimate of drug-likeness (QED) is 0.596. The first kappa shape index (κ1) is 9.45. The number of nitrogens with zero attached hydrogens (tertiary/aromatic N) is 2. The van der Waals surface area contributed by atoms with Crippen LogP contribution in [0.5, 0.6) is 0 Å². The van der Waals surface area contributed by atoms with Gasteiger partial charge in [-0.15, -0.1) is 0 Å². The van der Waals surface area contributed by atoms with Crippen LogP contribution in [0.25, 0.3) is 0 Å². The van der Waals surface area contributed by atoms with Gasteiger partial charge in [-0.25, -0.2) is 4.98 Å². The van der Waals surface area contributed by atoms with E-state index in [-0.39, 0.29) is 0 Å². The molecule has 4 heteroatoms. The van der Waals surface area contributed by atoms with E-state index in [1.807, 2.05) is 24.3 Å². The molecule has 0 saturated heterocycles. The summed E-state index contributed by atoms with van der Waals surface area (Å²) in [4.78, 5) is 14.5. The molecule has 1 radical (unpaired) electrons. The van der Waals surface area contributed by atoms with Crippen LogP contribution >= 0.6 is 0 Å². The van der Waals surface area contributed by atoms with E-state index >= 15 is 0 Å². The van der Waals surface area contributed by atoms with Crippen molar-refractivity contribution in [2.45, 2.75) is 6.54 Å². The Labute approximate surface area is 87.4 Å². The molecule has 2 rings (SSSR count). The van der Waals surface area contributed by atoms with Gasteiger partial charge in [0, 0.05) is 12.2 Å². The Morgan fingerprint density at radius 1 is 1.40 bits per heavy atom. The van der Waals surface area contributed by atoms with Crippen LogP contribution in [0.15, 0.2) is 30.5 Å². The van der Waals surface area contributed by atoms with E-state index in [4.69, 9.17) is 5.73 Å². The summed E-state index contributed by atoms with van der Waals surface area (Å²) in [5, 5.41) is 0. The topological polar surface area (TPSA) is 60.9 Å². The monoisotopic (exact) mass is 200 g/mol. The number of carbonyl (C=O) groups is 1. The molecule has 4 nitrogen and oxygen atoms in total. The highest BCUT2D eigenvalue weighted by Gasteiger charge is 2.01. The molecular formula is C11H10N3O. The fraction of sp³-hybridized carbons (Fsp3) is 0.0909. The summed E-state index contributed by atoms with van der Waals surface area (Å²) in [5.74, 6) is 0.381. The fourth-order valence-corrected chi connectivity index (χ4v) is 1.33. The van der Waals surface area contributed by atoms with Crippen LogP contribution in [0.2, 0.25) is 0 Å². The number of aldehydes is 1. The second kappa shape index (κ2) is 3.96. The maximum absolute atomic E-state index is 10.6. The van der Waals surface area contributed by atoms with Crippen molar-refractivity contribution in [1.29, 1.82) is 0 Å². The minimum Gasteiger partial charge on any atom is -0.399 e. The van der Waals surface area contributed by atoms with Crippen LogP contribution in [0.4, 0.5) is 5.69 Å². The summed E-state index contributed by atoms with van der Waals surface area (Å²) in [7, 11) is 0. The third-order valence-corrected chi connectivity index (χ3v) is 2.11. The van der Waals surface area contributed by atoms with Crippen LogP contribution in [0.1, 0.15) is 16.2 Å². The van der Waals surface area contributed by atoms with Gasteiger partial charge in [0.25, 0.3) is 0 Å². The molecule has 0 atom stereocenters. The number of aromatic nitrogens is 2. The number of rotatable bonds is 3. The molecular weight excluding hydrogens is 190 g/mol. The predicted molar refractivity (Wildman–Crippen MR) is 56.4 cm³/mol. The minimum atomic E-state index is 0.381. The molecule has 0 spiro atoms. The number of nitrogens with two attached hydrogens (primary N) is 1. The number of hydrogen-bond donors (Lipinski definition) is 1. The van der Waals surface area contributed by atoms with Gasteiger partial charge in [0.1, 0.15) is 0 Å². The SMILES string of the molecule is Nc1ccc(Cn2[c]cnc2C=O)cc1. The number of carbonyl (C=O) groups excluding carboxylic acids is 1. The fourth-order valence-electron chi connectivity index (χ4n) is 1.33. The molecule has 15 heavy (non-hydrogen) atoms. The number of benzene rings is 1. The van der Waals surface area contributed by atoms with Crippen LogP contribution < -0.4 is 5.73 Å². The molecule has 1 aromatic heterocycles. The van der Waals surface area contributed by atoms with Crippen molar-refractivity contribution in [3.05, 3.63) is 48.0 Å². The number of hydrogen-bond acceptors (Lipinski definition) is 3. The highest BCUT2D eigenvalue weighted by Crippen LogP contribution is 2.07.